The normalized spacial score (nSPS) is 10.6. The van der Waals surface area contributed by atoms with E-state index in [9.17, 15) is 4.79 Å². The van der Waals surface area contributed by atoms with Gasteiger partial charge < -0.3 is 4.52 Å². The predicted octanol–water partition coefficient (Wildman–Crippen LogP) is 1.43. The fraction of sp³-hybridized carbons (Fsp3) is 0.125. The summed E-state index contributed by atoms with van der Waals surface area (Å²) in [6, 6.07) is 5.51. The van der Waals surface area contributed by atoms with Gasteiger partial charge in [-0.2, -0.15) is 0 Å². The van der Waals surface area contributed by atoms with Crippen molar-refractivity contribution >= 4 is 10.9 Å². The van der Waals surface area contributed by atoms with Gasteiger partial charge in [0, 0.05) is 0 Å². The Morgan fingerprint density at radius 1 is 1.45 bits per heavy atom. The molecule has 0 radical (unpaired) electrons. The van der Waals surface area contributed by atoms with Crippen LogP contribution in [0.15, 0.2) is 27.5 Å². The second-order valence-corrected chi connectivity index (χ2v) is 2.54. The summed E-state index contributed by atoms with van der Waals surface area (Å²) >= 11 is 0. The van der Waals surface area contributed by atoms with Gasteiger partial charge in [0.1, 0.15) is 0 Å². The monoisotopic (exact) mass is 149 g/mol. The van der Waals surface area contributed by atoms with Gasteiger partial charge in [0.05, 0.1) is 10.9 Å². The maximum atomic E-state index is 10.9. The van der Waals surface area contributed by atoms with Gasteiger partial charge in [-0.1, -0.05) is 6.07 Å². The van der Waals surface area contributed by atoms with Crippen molar-refractivity contribution in [1.29, 1.82) is 0 Å². The summed E-state index contributed by atoms with van der Waals surface area (Å²) in [6.07, 6.45) is 0. The third-order valence-electron chi connectivity index (χ3n) is 1.65. The first-order valence-electron chi connectivity index (χ1n) is 3.35. The van der Waals surface area contributed by atoms with Crippen molar-refractivity contribution in [3.63, 3.8) is 0 Å². The fourth-order valence-electron chi connectivity index (χ4n) is 1.08. The molecule has 0 saturated heterocycles. The zero-order valence-electron chi connectivity index (χ0n) is 6.05. The molecule has 1 aromatic carbocycles. The molecule has 1 N–H and O–H groups in total. The van der Waals surface area contributed by atoms with E-state index in [1.54, 1.807) is 6.07 Å². The largest absolute Gasteiger partial charge is 0.365 e. The molecule has 2 aromatic rings. The van der Waals surface area contributed by atoms with Gasteiger partial charge in [-0.05, 0) is 24.6 Å². The van der Waals surface area contributed by atoms with Gasteiger partial charge in [0.2, 0.25) is 0 Å². The molecule has 3 nitrogen and oxygen atoms in total. The molecule has 0 saturated carbocycles. The maximum Gasteiger partial charge on any atom is 0.365 e. The molecule has 1 heterocycles. The highest BCUT2D eigenvalue weighted by Gasteiger charge is 2.00. The molecule has 0 amide bonds. The van der Waals surface area contributed by atoms with Crippen LogP contribution in [0.4, 0.5) is 0 Å². The molecule has 0 aliphatic rings. The highest BCUT2D eigenvalue weighted by Crippen LogP contribution is 2.08. The molecule has 2 rings (SSSR count). The minimum absolute atomic E-state index is 0.306. The van der Waals surface area contributed by atoms with Crippen LogP contribution in [0.25, 0.3) is 10.9 Å². The number of hydrogen-bond acceptors (Lipinski definition) is 2. The van der Waals surface area contributed by atoms with Crippen LogP contribution in [0.5, 0.6) is 0 Å². The Bertz CT molecular complexity index is 439. The van der Waals surface area contributed by atoms with E-state index in [1.165, 1.54) is 0 Å². The Morgan fingerprint density at radius 3 is 3.09 bits per heavy atom. The van der Waals surface area contributed by atoms with Crippen molar-refractivity contribution in [2.24, 2.45) is 0 Å². The Hall–Kier alpha value is -1.51. The first-order chi connectivity index (χ1) is 5.27. The number of H-pyrrole nitrogens is 1. The number of benzene rings is 1. The third-order valence-corrected chi connectivity index (χ3v) is 1.65. The van der Waals surface area contributed by atoms with Crippen molar-refractivity contribution in [3.8, 4) is 0 Å². The molecule has 0 unspecified atom stereocenters. The van der Waals surface area contributed by atoms with Gasteiger partial charge in [-0.15, -0.1) is 0 Å². The lowest BCUT2D eigenvalue weighted by Crippen LogP contribution is -1.89. The minimum atomic E-state index is -0.306. The van der Waals surface area contributed by atoms with Gasteiger partial charge >= 0.3 is 5.63 Å². The van der Waals surface area contributed by atoms with Crippen LogP contribution in [0.1, 0.15) is 5.56 Å². The molecule has 11 heavy (non-hydrogen) atoms. The molecule has 0 spiro atoms. The number of aryl methyl sites for hydroxylation is 1. The summed E-state index contributed by atoms with van der Waals surface area (Å²) in [6.45, 7) is 1.96. The molecular weight excluding hydrogens is 142 g/mol. The highest BCUT2D eigenvalue weighted by atomic mass is 16.5. The number of hydrogen-bond donors (Lipinski definition) is 1. The molecule has 0 aliphatic carbocycles. The van der Waals surface area contributed by atoms with Crippen LogP contribution >= 0.6 is 0 Å². The van der Waals surface area contributed by atoms with Crippen molar-refractivity contribution in [2.75, 3.05) is 0 Å². The van der Waals surface area contributed by atoms with Gasteiger partial charge in [-0.25, -0.2) is 9.95 Å². The number of rotatable bonds is 0. The van der Waals surface area contributed by atoms with Crippen molar-refractivity contribution in [1.82, 2.24) is 5.16 Å². The molecule has 1 aromatic heterocycles. The number of aromatic amines is 1. The quantitative estimate of drug-likeness (QED) is 0.615. The summed E-state index contributed by atoms with van der Waals surface area (Å²) in [4.78, 5) is 10.9. The van der Waals surface area contributed by atoms with Crippen LogP contribution in [-0.4, -0.2) is 5.16 Å². The second-order valence-electron chi connectivity index (χ2n) is 2.54. The lowest BCUT2D eigenvalue weighted by Gasteiger charge is -1.87. The topological polar surface area (TPSA) is 46.0 Å². The number of nitrogens with one attached hydrogen (secondary N) is 1. The Balaban J connectivity index is 2.97. The van der Waals surface area contributed by atoms with Crippen LogP contribution in [0.2, 0.25) is 0 Å². The summed E-state index contributed by atoms with van der Waals surface area (Å²) < 4.78 is 4.59. The van der Waals surface area contributed by atoms with Crippen molar-refractivity contribution in [2.45, 2.75) is 6.92 Å². The molecule has 0 aliphatic heterocycles. The molecule has 0 bridgehead atoms. The summed E-state index contributed by atoms with van der Waals surface area (Å²) in [5, 5.41) is 3.15. The Kier molecular flexibility index (Phi) is 1.12. The molecule has 0 fully saturated rings. The number of fused-ring (bicyclic) bond motifs is 1. The van der Waals surface area contributed by atoms with Crippen molar-refractivity contribution in [3.05, 3.63) is 34.2 Å². The van der Waals surface area contributed by atoms with Crippen LogP contribution in [0.3, 0.4) is 0 Å². The van der Waals surface area contributed by atoms with E-state index in [0.29, 0.717) is 5.39 Å². The highest BCUT2D eigenvalue weighted by molar-refractivity contribution is 5.77. The third kappa shape index (κ3) is 0.852. The molecular formula is C8H7NO2. The lowest BCUT2D eigenvalue weighted by atomic mass is 10.2. The lowest BCUT2D eigenvalue weighted by molar-refractivity contribution is 0.400. The van der Waals surface area contributed by atoms with Crippen LogP contribution in [0, 0.1) is 6.92 Å². The molecule has 56 valence electrons. The van der Waals surface area contributed by atoms with E-state index in [1.807, 2.05) is 19.1 Å². The average molecular weight is 149 g/mol. The van der Waals surface area contributed by atoms with Crippen LogP contribution < -0.4 is 5.63 Å². The van der Waals surface area contributed by atoms with Gasteiger partial charge in [-0.3, -0.25) is 0 Å². The first kappa shape index (κ1) is 6.22. The summed E-state index contributed by atoms with van der Waals surface area (Å²) in [7, 11) is 0. The zero-order chi connectivity index (χ0) is 7.84. The average Bonchev–Trinajstić information content (AvgIpc) is 2.32. The van der Waals surface area contributed by atoms with Crippen LogP contribution in [-0.2, 0) is 0 Å². The Labute approximate surface area is 62.6 Å². The molecule has 0 atom stereocenters. The van der Waals surface area contributed by atoms with E-state index >= 15 is 0 Å². The number of aromatic nitrogens is 1. The summed E-state index contributed by atoms with van der Waals surface area (Å²) in [5.74, 6) is 0. The van der Waals surface area contributed by atoms with Gasteiger partial charge in [0.25, 0.3) is 0 Å². The van der Waals surface area contributed by atoms with Gasteiger partial charge in [0.15, 0.2) is 0 Å². The van der Waals surface area contributed by atoms with E-state index in [-0.39, 0.29) is 5.63 Å². The maximum absolute atomic E-state index is 10.9. The fourth-order valence-corrected chi connectivity index (χ4v) is 1.08. The van der Waals surface area contributed by atoms with E-state index in [0.717, 1.165) is 11.1 Å². The molecule has 3 heteroatoms. The standard InChI is InChI=1S/C8H7NO2/c1-5-2-3-6-7(4-5)9-11-8(6)10/h2-4,9H,1H3. The zero-order valence-corrected chi connectivity index (χ0v) is 6.05. The van der Waals surface area contributed by atoms with Crippen molar-refractivity contribution < 1.29 is 4.52 Å². The van der Waals surface area contributed by atoms with E-state index < -0.39 is 0 Å². The van der Waals surface area contributed by atoms with E-state index in [2.05, 4.69) is 9.68 Å². The smallest absolute Gasteiger partial charge is 0.338 e. The SMILES string of the molecule is Cc1ccc2c(=O)o[nH]c2c1. The summed E-state index contributed by atoms with van der Waals surface area (Å²) in [5.41, 5.74) is 1.56. The minimum Gasteiger partial charge on any atom is -0.338 e. The predicted molar refractivity (Wildman–Crippen MR) is 41.6 cm³/mol. The second kappa shape index (κ2) is 1.99. The Morgan fingerprint density at radius 2 is 2.27 bits per heavy atom. The van der Waals surface area contributed by atoms with E-state index in [4.69, 9.17) is 0 Å². The first-order valence-corrected chi connectivity index (χ1v) is 3.35.